The van der Waals surface area contributed by atoms with E-state index in [-0.39, 0.29) is 38.2 Å². The number of para-hydroxylation sites is 1. The number of phenols is 1. The second-order valence-electron chi connectivity index (χ2n) is 7.86. The van der Waals surface area contributed by atoms with Crippen LogP contribution in [0, 0.1) is 6.92 Å². The number of carbonyl (C=O) groups is 1. The number of phenolic OH excluding ortho intramolecular Hbond substituents is 1. The lowest BCUT2D eigenvalue weighted by Crippen LogP contribution is -2.13. The Hall–Kier alpha value is -3.70. The first-order valence-corrected chi connectivity index (χ1v) is 12.8. The molecular weight excluding hydrogens is 541 g/mol. The maximum Gasteiger partial charge on any atom is 0.294 e. The van der Waals surface area contributed by atoms with Gasteiger partial charge in [-0.1, -0.05) is 53.5 Å². The molecule has 9 nitrogen and oxygen atoms in total. The summed E-state index contributed by atoms with van der Waals surface area (Å²) in [4.78, 5) is 12.8. The molecule has 4 rings (SSSR count). The molecule has 0 radical (unpaired) electrons. The van der Waals surface area contributed by atoms with Gasteiger partial charge in [0.25, 0.3) is 16.0 Å². The lowest BCUT2D eigenvalue weighted by molar-refractivity contribution is 0.102. The molecule has 0 atom stereocenters. The monoisotopic (exact) mass is 559 g/mol. The van der Waals surface area contributed by atoms with Gasteiger partial charge in [0.05, 0.1) is 33.3 Å². The van der Waals surface area contributed by atoms with Crippen LogP contribution >= 0.6 is 23.2 Å². The van der Waals surface area contributed by atoms with Crippen LogP contribution < -0.4 is 10.1 Å². The SMILES string of the molecule is COc1c(Cl)cccc1NC(=O)c1cc2ccccc2c(N=Nc2cc(C)c(S(=O)(=O)O)cc2Cl)c1O. The van der Waals surface area contributed by atoms with E-state index < -0.39 is 21.8 Å². The smallest absolute Gasteiger partial charge is 0.294 e. The number of ether oxygens (including phenoxy) is 1. The molecule has 0 heterocycles. The first-order valence-electron chi connectivity index (χ1n) is 10.6. The number of aryl methyl sites for hydroxylation is 1. The number of rotatable bonds is 6. The normalized spacial score (nSPS) is 11.7. The average Bonchev–Trinajstić information content (AvgIpc) is 2.84. The summed E-state index contributed by atoms with van der Waals surface area (Å²) in [6, 6.07) is 15.7. The predicted molar refractivity (Wildman–Crippen MR) is 142 cm³/mol. The van der Waals surface area contributed by atoms with Gasteiger partial charge in [0.15, 0.2) is 11.5 Å². The Morgan fingerprint density at radius 2 is 1.73 bits per heavy atom. The van der Waals surface area contributed by atoms with Crippen molar-refractivity contribution in [2.24, 2.45) is 10.2 Å². The second-order valence-corrected chi connectivity index (χ2v) is 10.1. The van der Waals surface area contributed by atoms with Gasteiger partial charge in [-0.2, -0.15) is 8.42 Å². The van der Waals surface area contributed by atoms with Gasteiger partial charge in [0, 0.05) is 5.39 Å². The molecule has 1 amide bonds. The Bertz CT molecular complexity index is 1690. The number of hydrogen-bond donors (Lipinski definition) is 3. The van der Waals surface area contributed by atoms with Crippen LogP contribution in [0.3, 0.4) is 0 Å². The van der Waals surface area contributed by atoms with Gasteiger partial charge in [-0.25, -0.2) is 0 Å². The molecule has 0 aliphatic heterocycles. The maximum atomic E-state index is 13.2. The number of hydrogen-bond acceptors (Lipinski definition) is 7. The van der Waals surface area contributed by atoms with Crippen molar-refractivity contribution in [2.75, 3.05) is 12.4 Å². The third kappa shape index (κ3) is 5.37. The number of amides is 1. The molecule has 0 saturated carbocycles. The van der Waals surface area contributed by atoms with E-state index in [1.807, 2.05) is 0 Å². The van der Waals surface area contributed by atoms with Gasteiger partial charge in [-0.05, 0) is 48.2 Å². The van der Waals surface area contributed by atoms with Crippen LogP contribution in [0.15, 0.2) is 75.8 Å². The zero-order valence-electron chi connectivity index (χ0n) is 19.4. The van der Waals surface area contributed by atoms with E-state index in [1.165, 1.54) is 26.2 Å². The molecule has 0 spiro atoms. The van der Waals surface area contributed by atoms with E-state index in [0.29, 0.717) is 21.5 Å². The molecule has 0 aliphatic carbocycles. The van der Waals surface area contributed by atoms with Crippen LogP contribution in [0.5, 0.6) is 11.5 Å². The Morgan fingerprint density at radius 3 is 2.43 bits per heavy atom. The van der Waals surface area contributed by atoms with Crippen molar-refractivity contribution in [3.05, 3.63) is 81.8 Å². The van der Waals surface area contributed by atoms with Crippen molar-refractivity contribution < 1.29 is 27.6 Å². The average molecular weight is 560 g/mol. The molecule has 0 bridgehead atoms. The first kappa shape index (κ1) is 26.4. The topological polar surface area (TPSA) is 138 Å². The molecule has 12 heteroatoms. The first-order chi connectivity index (χ1) is 17.5. The van der Waals surface area contributed by atoms with Crippen LogP contribution in [0.1, 0.15) is 15.9 Å². The largest absolute Gasteiger partial charge is 0.505 e. The molecule has 3 N–H and O–H groups in total. The number of nitrogens with zero attached hydrogens (tertiary/aromatic N) is 2. The number of anilines is 1. The van der Waals surface area contributed by atoms with E-state index in [1.54, 1.807) is 42.5 Å². The van der Waals surface area contributed by atoms with E-state index in [9.17, 15) is 22.9 Å². The zero-order valence-corrected chi connectivity index (χ0v) is 21.7. The quantitative estimate of drug-likeness (QED) is 0.170. The number of aromatic hydroxyl groups is 1. The molecular formula is C25H19Cl2N3O6S. The fourth-order valence-corrected chi connectivity index (χ4v) is 4.95. The third-order valence-corrected chi connectivity index (χ3v) is 7.04. The van der Waals surface area contributed by atoms with Gasteiger partial charge in [0.2, 0.25) is 0 Å². The van der Waals surface area contributed by atoms with Crippen LogP contribution in [-0.2, 0) is 10.1 Å². The summed E-state index contributed by atoms with van der Waals surface area (Å²) in [6.45, 7) is 1.46. The minimum absolute atomic E-state index is 0.00566. The lowest BCUT2D eigenvalue weighted by Gasteiger charge is -2.14. The summed E-state index contributed by atoms with van der Waals surface area (Å²) >= 11 is 12.3. The number of halogens is 2. The highest BCUT2D eigenvalue weighted by Crippen LogP contribution is 2.41. The Balaban J connectivity index is 1.80. The highest BCUT2D eigenvalue weighted by Gasteiger charge is 2.21. The summed E-state index contributed by atoms with van der Waals surface area (Å²) in [5.74, 6) is -0.828. The number of methoxy groups -OCH3 is 1. The number of fused-ring (bicyclic) bond motifs is 1. The molecule has 0 fully saturated rings. The third-order valence-electron chi connectivity index (χ3n) is 5.44. The molecule has 190 valence electrons. The van der Waals surface area contributed by atoms with Gasteiger partial charge in [-0.3, -0.25) is 9.35 Å². The van der Waals surface area contributed by atoms with E-state index in [0.717, 1.165) is 6.07 Å². The summed E-state index contributed by atoms with van der Waals surface area (Å²) in [5, 5.41) is 23.3. The van der Waals surface area contributed by atoms with Crippen molar-refractivity contribution in [3.63, 3.8) is 0 Å². The van der Waals surface area contributed by atoms with Crippen molar-refractivity contribution in [1.82, 2.24) is 0 Å². The van der Waals surface area contributed by atoms with Crippen LogP contribution in [-0.4, -0.2) is 31.1 Å². The van der Waals surface area contributed by atoms with Crippen LogP contribution in [0.2, 0.25) is 10.0 Å². The van der Waals surface area contributed by atoms with E-state index in [4.69, 9.17) is 27.9 Å². The predicted octanol–water partition coefficient (Wildman–Crippen LogP) is 7.08. The lowest BCUT2D eigenvalue weighted by atomic mass is 10.0. The highest BCUT2D eigenvalue weighted by atomic mass is 35.5. The van der Waals surface area contributed by atoms with E-state index >= 15 is 0 Å². The number of nitrogens with one attached hydrogen (secondary N) is 1. The fraction of sp³-hybridized carbons (Fsp3) is 0.0800. The molecule has 37 heavy (non-hydrogen) atoms. The number of azo groups is 1. The summed E-state index contributed by atoms with van der Waals surface area (Å²) in [6.07, 6.45) is 0. The molecule has 0 aromatic heterocycles. The summed E-state index contributed by atoms with van der Waals surface area (Å²) < 4.78 is 37.7. The minimum Gasteiger partial charge on any atom is -0.505 e. The van der Waals surface area contributed by atoms with Crippen LogP contribution in [0.25, 0.3) is 10.8 Å². The molecule has 4 aromatic carbocycles. The molecule has 0 aliphatic rings. The van der Waals surface area contributed by atoms with Gasteiger partial charge < -0.3 is 15.2 Å². The van der Waals surface area contributed by atoms with Crippen molar-refractivity contribution in [1.29, 1.82) is 0 Å². The van der Waals surface area contributed by atoms with Crippen molar-refractivity contribution in [3.8, 4) is 11.5 Å². The molecule has 0 saturated heterocycles. The standard InChI is InChI=1S/C25H19Cl2N3O6S/c1-13-10-20(18(27)12-21(13)37(33,34)35)29-30-22-15-7-4-3-6-14(15)11-16(23(22)31)25(32)28-19-9-5-8-17(26)24(19)36-2/h3-12,31H,1-2H3,(H,28,32)(H,33,34,35). The molecule has 4 aromatic rings. The van der Waals surface area contributed by atoms with Gasteiger partial charge >= 0.3 is 0 Å². The van der Waals surface area contributed by atoms with Crippen molar-refractivity contribution >= 4 is 67.1 Å². The number of benzene rings is 4. The second kappa shape index (κ2) is 10.3. The summed E-state index contributed by atoms with van der Waals surface area (Å²) in [5.41, 5.74) is 0.497. The Labute approximate surface area is 222 Å². The molecule has 0 unspecified atom stereocenters. The van der Waals surface area contributed by atoms with Crippen molar-refractivity contribution in [2.45, 2.75) is 11.8 Å². The Morgan fingerprint density at radius 1 is 1.00 bits per heavy atom. The fourth-order valence-electron chi connectivity index (χ4n) is 3.70. The highest BCUT2D eigenvalue weighted by molar-refractivity contribution is 7.85. The van der Waals surface area contributed by atoms with Gasteiger partial charge in [-0.15, -0.1) is 10.2 Å². The Kier molecular flexibility index (Phi) is 7.37. The maximum absolute atomic E-state index is 13.2. The van der Waals surface area contributed by atoms with Crippen LogP contribution in [0.4, 0.5) is 17.1 Å². The summed E-state index contributed by atoms with van der Waals surface area (Å²) in [7, 11) is -3.07. The van der Waals surface area contributed by atoms with E-state index in [2.05, 4.69) is 15.5 Å². The zero-order chi connectivity index (χ0) is 26.9. The minimum atomic E-state index is -4.48. The number of carbonyl (C=O) groups excluding carboxylic acids is 1. The van der Waals surface area contributed by atoms with Gasteiger partial charge in [0.1, 0.15) is 11.4 Å².